The Hall–Kier alpha value is -3.12. The lowest BCUT2D eigenvalue weighted by molar-refractivity contribution is -0.114. The number of H-pyrrole nitrogens is 1. The van der Waals surface area contributed by atoms with E-state index < -0.39 is 0 Å². The van der Waals surface area contributed by atoms with Crippen molar-refractivity contribution in [2.75, 3.05) is 49.1 Å². The number of aromatic amines is 1. The molecule has 3 heterocycles. The fourth-order valence-corrected chi connectivity index (χ4v) is 4.77. The predicted octanol–water partition coefficient (Wildman–Crippen LogP) is 4.35. The molecule has 0 unspecified atom stereocenters. The number of carbonyl (C=O) groups is 1. The van der Waals surface area contributed by atoms with E-state index in [1.807, 2.05) is 17.2 Å². The standard InChI is InChI=1S/C26H29FN4O/c27-21-6-11-25-24(18-21)20(19-28-25)4-3-12-29-14-16-30(17-15-29)22-7-9-23(10-8-22)31-13-2-1-5-26(31)32/h1,5-11,18-19,28H,2-4,12-17H2. The van der Waals surface area contributed by atoms with Crippen molar-refractivity contribution >= 4 is 28.2 Å². The number of hydrogen-bond donors (Lipinski definition) is 1. The van der Waals surface area contributed by atoms with Crippen molar-refractivity contribution in [3.8, 4) is 0 Å². The predicted molar refractivity (Wildman–Crippen MR) is 128 cm³/mol. The normalized spacial score (nSPS) is 17.5. The molecule has 0 spiro atoms. The van der Waals surface area contributed by atoms with Gasteiger partial charge in [0.1, 0.15) is 5.82 Å². The SMILES string of the molecule is O=C1C=CCCN1c1ccc(N2CCN(CCCc3c[nH]c4ccc(F)cc34)CC2)cc1. The van der Waals surface area contributed by atoms with Crippen LogP contribution < -0.4 is 9.80 Å². The van der Waals surface area contributed by atoms with E-state index in [4.69, 9.17) is 0 Å². The van der Waals surface area contributed by atoms with E-state index in [9.17, 15) is 9.18 Å². The maximum atomic E-state index is 13.6. The number of amides is 1. The third-order valence-corrected chi connectivity index (χ3v) is 6.59. The number of fused-ring (bicyclic) bond motifs is 1. The molecule has 1 saturated heterocycles. The van der Waals surface area contributed by atoms with Crippen LogP contribution in [0.4, 0.5) is 15.8 Å². The van der Waals surface area contributed by atoms with Gasteiger partial charge < -0.3 is 14.8 Å². The summed E-state index contributed by atoms with van der Waals surface area (Å²) in [5.74, 6) is -0.114. The smallest absolute Gasteiger partial charge is 0.250 e. The number of benzene rings is 2. The van der Waals surface area contributed by atoms with Gasteiger partial charge in [-0.05, 0) is 79.9 Å². The quantitative estimate of drug-likeness (QED) is 0.630. The van der Waals surface area contributed by atoms with E-state index >= 15 is 0 Å². The number of rotatable bonds is 6. The summed E-state index contributed by atoms with van der Waals surface area (Å²) >= 11 is 0. The molecule has 0 bridgehead atoms. The number of hydrogen-bond acceptors (Lipinski definition) is 3. The van der Waals surface area contributed by atoms with E-state index in [2.05, 4.69) is 39.0 Å². The van der Waals surface area contributed by atoms with E-state index in [1.54, 1.807) is 18.2 Å². The van der Waals surface area contributed by atoms with Gasteiger partial charge in [0.2, 0.25) is 0 Å². The summed E-state index contributed by atoms with van der Waals surface area (Å²) < 4.78 is 13.6. The second kappa shape index (κ2) is 9.17. The third kappa shape index (κ3) is 4.41. The van der Waals surface area contributed by atoms with Gasteiger partial charge in [-0.1, -0.05) is 6.08 Å². The summed E-state index contributed by atoms with van der Waals surface area (Å²) in [6, 6.07) is 13.3. The molecule has 2 aliphatic heterocycles. The zero-order valence-corrected chi connectivity index (χ0v) is 18.3. The van der Waals surface area contributed by atoms with Gasteiger partial charge in [0.05, 0.1) is 0 Å². The van der Waals surface area contributed by atoms with Crippen molar-refractivity contribution in [1.82, 2.24) is 9.88 Å². The largest absolute Gasteiger partial charge is 0.369 e. The first-order valence-corrected chi connectivity index (χ1v) is 11.5. The number of aromatic nitrogens is 1. The highest BCUT2D eigenvalue weighted by Crippen LogP contribution is 2.24. The summed E-state index contributed by atoms with van der Waals surface area (Å²) in [4.78, 5) is 22.1. The topological polar surface area (TPSA) is 42.6 Å². The first-order valence-electron chi connectivity index (χ1n) is 11.5. The molecule has 5 nitrogen and oxygen atoms in total. The lowest BCUT2D eigenvalue weighted by atomic mass is 10.1. The number of nitrogens with zero attached hydrogens (tertiary/aromatic N) is 3. The van der Waals surface area contributed by atoms with Gasteiger partial charge in [-0.15, -0.1) is 0 Å². The van der Waals surface area contributed by atoms with Crippen LogP contribution in [0.3, 0.4) is 0 Å². The molecule has 32 heavy (non-hydrogen) atoms. The first-order chi connectivity index (χ1) is 15.7. The molecule has 0 aliphatic carbocycles. The third-order valence-electron chi connectivity index (χ3n) is 6.59. The average molecular weight is 433 g/mol. The van der Waals surface area contributed by atoms with Crippen LogP contribution in [-0.2, 0) is 11.2 Å². The van der Waals surface area contributed by atoms with Crippen LogP contribution in [0.1, 0.15) is 18.4 Å². The maximum absolute atomic E-state index is 13.6. The molecule has 0 radical (unpaired) electrons. The van der Waals surface area contributed by atoms with Crippen molar-refractivity contribution in [3.63, 3.8) is 0 Å². The Morgan fingerprint density at radius 2 is 1.72 bits per heavy atom. The molecule has 1 aromatic heterocycles. The van der Waals surface area contributed by atoms with Crippen LogP contribution in [0.25, 0.3) is 10.9 Å². The summed E-state index contributed by atoms with van der Waals surface area (Å²) in [7, 11) is 0. The van der Waals surface area contributed by atoms with Gasteiger partial charge in [-0.3, -0.25) is 9.69 Å². The van der Waals surface area contributed by atoms with Crippen molar-refractivity contribution < 1.29 is 9.18 Å². The van der Waals surface area contributed by atoms with Crippen LogP contribution in [0.5, 0.6) is 0 Å². The fourth-order valence-electron chi connectivity index (χ4n) is 4.77. The average Bonchev–Trinajstić information content (AvgIpc) is 3.22. The number of piperazine rings is 1. The summed E-state index contributed by atoms with van der Waals surface area (Å²) in [6.07, 6.45) is 8.54. The molecular formula is C26H29FN4O. The monoisotopic (exact) mass is 432 g/mol. The molecule has 1 amide bonds. The summed E-state index contributed by atoms with van der Waals surface area (Å²) in [5.41, 5.74) is 4.39. The Morgan fingerprint density at radius 1 is 0.938 bits per heavy atom. The van der Waals surface area contributed by atoms with Crippen molar-refractivity contribution in [3.05, 3.63) is 72.2 Å². The lowest BCUT2D eigenvalue weighted by Gasteiger charge is -2.36. The number of carbonyl (C=O) groups excluding carboxylic acids is 1. The minimum atomic E-state index is -0.179. The first kappa shape index (κ1) is 20.8. The molecule has 6 heteroatoms. The number of aryl methyl sites for hydroxylation is 1. The van der Waals surface area contributed by atoms with Crippen LogP contribution in [0.2, 0.25) is 0 Å². The molecule has 0 atom stereocenters. The van der Waals surface area contributed by atoms with Gasteiger partial charge in [0.15, 0.2) is 0 Å². The zero-order chi connectivity index (χ0) is 21.9. The Kier molecular flexibility index (Phi) is 5.95. The molecule has 2 aliphatic rings. The zero-order valence-electron chi connectivity index (χ0n) is 18.3. The van der Waals surface area contributed by atoms with Crippen LogP contribution in [0.15, 0.2) is 60.8 Å². The van der Waals surface area contributed by atoms with Gasteiger partial charge in [-0.25, -0.2) is 4.39 Å². The van der Waals surface area contributed by atoms with E-state index in [0.29, 0.717) is 0 Å². The maximum Gasteiger partial charge on any atom is 0.250 e. The highest BCUT2D eigenvalue weighted by atomic mass is 19.1. The van der Waals surface area contributed by atoms with Crippen LogP contribution in [0, 0.1) is 5.82 Å². The molecule has 5 rings (SSSR count). The molecule has 166 valence electrons. The van der Waals surface area contributed by atoms with Crippen LogP contribution in [-0.4, -0.2) is 55.1 Å². The van der Waals surface area contributed by atoms with Gasteiger partial charge in [-0.2, -0.15) is 0 Å². The second-order valence-corrected chi connectivity index (χ2v) is 8.63. The minimum absolute atomic E-state index is 0.0652. The summed E-state index contributed by atoms with van der Waals surface area (Å²) in [5, 5.41) is 1.00. The number of nitrogens with one attached hydrogen (secondary N) is 1. The highest BCUT2D eigenvalue weighted by molar-refractivity contribution is 6.02. The van der Waals surface area contributed by atoms with Gasteiger partial charge in [0.25, 0.3) is 5.91 Å². The fraction of sp³-hybridized carbons (Fsp3) is 0.346. The van der Waals surface area contributed by atoms with Gasteiger partial charge in [0, 0.05) is 61.2 Å². The lowest BCUT2D eigenvalue weighted by Crippen LogP contribution is -2.46. The number of halogens is 1. The minimum Gasteiger partial charge on any atom is -0.369 e. The van der Waals surface area contributed by atoms with Crippen LogP contribution >= 0.6 is 0 Å². The molecule has 1 fully saturated rings. The Bertz CT molecular complexity index is 1110. The van der Waals surface area contributed by atoms with Crippen molar-refractivity contribution in [1.29, 1.82) is 0 Å². The Labute approximate surface area is 188 Å². The molecule has 0 saturated carbocycles. The molecule has 1 N–H and O–H groups in total. The highest BCUT2D eigenvalue weighted by Gasteiger charge is 2.19. The molecule has 2 aromatic carbocycles. The second-order valence-electron chi connectivity index (χ2n) is 8.63. The summed E-state index contributed by atoms with van der Waals surface area (Å²) in [6.45, 7) is 5.89. The van der Waals surface area contributed by atoms with Crippen molar-refractivity contribution in [2.45, 2.75) is 19.3 Å². The van der Waals surface area contributed by atoms with E-state index in [1.165, 1.54) is 17.3 Å². The van der Waals surface area contributed by atoms with Crippen molar-refractivity contribution in [2.24, 2.45) is 0 Å². The molecular weight excluding hydrogens is 403 g/mol. The number of anilines is 2. The Morgan fingerprint density at radius 3 is 2.50 bits per heavy atom. The molecule has 3 aromatic rings. The van der Waals surface area contributed by atoms with E-state index in [-0.39, 0.29) is 11.7 Å². The Balaban J connectivity index is 1.11. The van der Waals surface area contributed by atoms with Gasteiger partial charge >= 0.3 is 0 Å². The van der Waals surface area contributed by atoms with E-state index in [0.717, 1.165) is 75.1 Å².